The van der Waals surface area contributed by atoms with Crippen LogP contribution in [0.2, 0.25) is 20.1 Å². The van der Waals surface area contributed by atoms with Crippen molar-refractivity contribution in [1.29, 1.82) is 10.8 Å². The monoisotopic (exact) mass is 865 g/mol. The summed E-state index contributed by atoms with van der Waals surface area (Å²) in [6.45, 7) is 3.80. The van der Waals surface area contributed by atoms with Gasteiger partial charge in [-0.2, -0.15) is 0 Å². The predicted molar refractivity (Wildman–Crippen MR) is 233 cm³/mol. The third kappa shape index (κ3) is 9.19. The number of hydrogen-bond acceptors (Lipinski definition) is 6. The Morgan fingerprint density at radius 1 is 0.627 bits per heavy atom. The summed E-state index contributed by atoms with van der Waals surface area (Å²) in [4.78, 5) is 0. The van der Waals surface area contributed by atoms with Gasteiger partial charge < -0.3 is 23.9 Å². The van der Waals surface area contributed by atoms with Crippen LogP contribution in [0.4, 0.5) is 0 Å². The molecule has 0 bridgehead atoms. The van der Waals surface area contributed by atoms with Crippen molar-refractivity contribution in [3.8, 4) is 12.3 Å². The van der Waals surface area contributed by atoms with E-state index >= 15 is 0 Å². The molecule has 0 amide bonds. The fraction of sp³-hybridized carbons (Fsp3) is 0.182. The topological polar surface area (TPSA) is 139 Å². The van der Waals surface area contributed by atoms with Gasteiger partial charge in [0.2, 0.25) is 11.2 Å². The Bertz CT molecular complexity index is 2940. The van der Waals surface area contributed by atoms with Gasteiger partial charge in [0.1, 0.15) is 5.69 Å². The second kappa shape index (κ2) is 18.1. The Balaban J connectivity index is 0.000000192. The summed E-state index contributed by atoms with van der Waals surface area (Å²) < 4.78 is 8.94. The summed E-state index contributed by atoms with van der Waals surface area (Å²) in [6, 6.07) is 33.8. The number of imidazole rings is 2. The van der Waals surface area contributed by atoms with Crippen LogP contribution in [0.25, 0.3) is 22.1 Å². The molecule has 3 heterocycles. The molecule has 5 aromatic carbocycles. The van der Waals surface area contributed by atoms with Crippen molar-refractivity contribution in [2.24, 2.45) is 0 Å². The molecule has 0 aliphatic carbocycles. The molecule has 11 nitrogen and oxygen atoms in total. The van der Waals surface area contributed by atoms with Gasteiger partial charge in [0.15, 0.2) is 0 Å². The maximum Gasteiger partial charge on any atom is 0.203 e. The number of nitrogens with one attached hydrogen (secondary N) is 2. The number of rotatable bonds is 11. The summed E-state index contributed by atoms with van der Waals surface area (Å²) in [6.07, 6.45) is 5.64. The standard InChI is InChI=1S/C26H24Cl2N6O.C18H15Cl2N3O/c1-17-6-8-18(9-7-17)13-32-14-20(30-31-32)15-33-23-4-2-3-5-24(23)34(26(33)29)16-25(35)19-10-11-21(27)22(28)12-19;1-2-9-22-15-5-3-4-6-16(15)23(18(22)21)11-17(24)12-7-8-13(19)14(20)10-12/h2-12,14,25,29,35H,13,15-16H2,1H3;1,3-8,10,17,21,24H,9,11H2. The number of halogens is 4. The lowest BCUT2D eigenvalue weighted by Crippen LogP contribution is -2.27. The number of aryl methyl sites for hydroxylation is 1. The molecule has 0 fully saturated rings. The molecular formula is C44H39Cl4N9O2. The molecule has 2 unspecified atom stereocenters. The number of nitrogens with zero attached hydrogens (tertiary/aromatic N) is 7. The first-order valence-electron chi connectivity index (χ1n) is 18.5. The molecule has 0 saturated heterocycles. The number of para-hydroxylation sites is 4. The summed E-state index contributed by atoms with van der Waals surface area (Å²) in [7, 11) is 0. The molecule has 8 aromatic rings. The van der Waals surface area contributed by atoms with Gasteiger partial charge in [-0.15, -0.1) is 11.5 Å². The van der Waals surface area contributed by atoms with Crippen LogP contribution in [0.1, 0.15) is 40.2 Å². The molecule has 15 heteroatoms. The van der Waals surface area contributed by atoms with E-state index in [0.717, 1.165) is 33.3 Å². The summed E-state index contributed by atoms with van der Waals surface area (Å²) >= 11 is 24.1. The van der Waals surface area contributed by atoms with Crippen molar-refractivity contribution >= 4 is 68.5 Å². The Morgan fingerprint density at radius 2 is 1.10 bits per heavy atom. The van der Waals surface area contributed by atoms with E-state index in [1.54, 1.807) is 54.8 Å². The van der Waals surface area contributed by atoms with Crippen LogP contribution in [0.15, 0.2) is 115 Å². The predicted octanol–water partition coefficient (Wildman–Crippen LogP) is 8.56. The van der Waals surface area contributed by atoms with E-state index in [-0.39, 0.29) is 24.3 Å². The van der Waals surface area contributed by atoms with Crippen LogP contribution in [0.5, 0.6) is 0 Å². The maximum atomic E-state index is 10.9. The lowest BCUT2D eigenvalue weighted by Gasteiger charge is -2.13. The SMILES string of the molecule is C#CCn1c(=N)n(CC(O)c2ccc(Cl)c(Cl)c2)c2ccccc21.Cc1ccc(Cn2cc(Cn3c(=N)n(CC(O)c4ccc(Cl)c(Cl)c4)c4ccccc43)nn2)cc1. The van der Waals surface area contributed by atoms with Gasteiger partial charge in [-0.3, -0.25) is 15.4 Å². The van der Waals surface area contributed by atoms with Gasteiger partial charge in [0.05, 0.1) is 93.3 Å². The van der Waals surface area contributed by atoms with E-state index in [4.69, 9.17) is 63.6 Å². The van der Waals surface area contributed by atoms with Crippen LogP contribution in [-0.4, -0.2) is 43.5 Å². The molecule has 3 aromatic heterocycles. The number of aliphatic hydroxyl groups is 2. The zero-order chi connectivity index (χ0) is 41.8. The summed E-state index contributed by atoms with van der Waals surface area (Å²) in [5, 5.41) is 49.0. The van der Waals surface area contributed by atoms with Crippen molar-refractivity contribution < 1.29 is 10.2 Å². The highest BCUT2D eigenvalue weighted by atomic mass is 35.5. The summed E-state index contributed by atoms with van der Waals surface area (Å²) in [5.41, 5.74) is 8.35. The number of benzene rings is 5. The molecule has 4 N–H and O–H groups in total. The smallest absolute Gasteiger partial charge is 0.203 e. The average Bonchev–Trinajstić information content (AvgIpc) is 3.87. The van der Waals surface area contributed by atoms with E-state index in [2.05, 4.69) is 47.4 Å². The zero-order valence-electron chi connectivity index (χ0n) is 31.8. The molecule has 0 aliphatic rings. The van der Waals surface area contributed by atoms with Crippen molar-refractivity contribution in [3.63, 3.8) is 0 Å². The van der Waals surface area contributed by atoms with E-state index in [1.807, 2.05) is 59.3 Å². The third-order valence-electron chi connectivity index (χ3n) is 9.94. The first-order chi connectivity index (χ1) is 28.4. The minimum Gasteiger partial charge on any atom is -0.387 e. The van der Waals surface area contributed by atoms with E-state index in [1.165, 1.54) is 5.56 Å². The molecule has 0 aliphatic heterocycles. The van der Waals surface area contributed by atoms with Gasteiger partial charge >= 0.3 is 0 Å². The zero-order valence-corrected chi connectivity index (χ0v) is 34.8. The number of hydrogen-bond donors (Lipinski definition) is 4. The highest BCUT2D eigenvalue weighted by molar-refractivity contribution is 6.42. The maximum absolute atomic E-state index is 10.9. The lowest BCUT2D eigenvalue weighted by atomic mass is 10.1. The van der Waals surface area contributed by atoms with Gasteiger partial charge in [-0.05, 0) is 72.1 Å². The van der Waals surface area contributed by atoms with Crippen LogP contribution >= 0.6 is 46.4 Å². The fourth-order valence-electron chi connectivity index (χ4n) is 6.90. The largest absolute Gasteiger partial charge is 0.387 e. The van der Waals surface area contributed by atoms with Crippen LogP contribution in [0.3, 0.4) is 0 Å². The minimum atomic E-state index is -0.853. The van der Waals surface area contributed by atoms with Crippen molar-refractivity contribution in [1.82, 2.24) is 33.3 Å². The Kier molecular flexibility index (Phi) is 12.8. The van der Waals surface area contributed by atoms with Gasteiger partial charge in [0, 0.05) is 0 Å². The van der Waals surface area contributed by atoms with Gasteiger partial charge in [-0.1, -0.05) is 124 Å². The third-order valence-corrected chi connectivity index (χ3v) is 11.4. The van der Waals surface area contributed by atoms with Crippen molar-refractivity contribution in [3.05, 3.63) is 175 Å². The van der Waals surface area contributed by atoms with Crippen molar-refractivity contribution in [2.45, 2.75) is 51.9 Å². The Hall–Kier alpha value is -5.58. The second-order valence-corrected chi connectivity index (χ2v) is 15.6. The molecular weight excluding hydrogens is 828 g/mol. The second-order valence-electron chi connectivity index (χ2n) is 14.0. The highest BCUT2D eigenvalue weighted by Gasteiger charge is 2.18. The minimum absolute atomic E-state index is 0.199. The molecule has 8 rings (SSSR count). The Labute approximate surface area is 359 Å². The number of terminal acetylenes is 1. The molecule has 0 spiro atoms. The van der Waals surface area contributed by atoms with Gasteiger partial charge in [-0.25, -0.2) is 4.68 Å². The highest BCUT2D eigenvalue weighted by Crippen LogP contribution is 2.28. The normalized spacial score (nSPS) is 12.3. The lowest BCUT2D eigenvalue weighted by molar-refractivity contribution is 0.155. The van der Waals surface area contributed by atoms with E-state index in [9.17, 15) is 10.2 Å². The molecule has 59 heavy (non-hydrogen) atoms. The number of aromatic nitrogens is 7. The Morgan fingerprint density at radius 3 is 1.59 bits per heavy atom. The van der Waals surface area contributed by atoms with E-state index in [0.29, 0.717) is 50.9 Å². The quantitative estimate of drug-likeness (QED) is 0.0969. The first-order valence-corrected chi connectivity index (χ1v) is 20.0. The van der Waals surface area contributed by atoms with E-state index < -0.39 is 12.2 Å². The summed E-state index contributed by atoms with van der Waals surface area (Å²) in [5.74, 6) is 2.56. The number of fused-ring (bicyclic) bond motifs is 2. The fourth-order valence-corrected chi connectivity index (χ4v) is 7.51. The van der Waals surface area contributed by atoms with Crippen LogP contribution in [-0.2, 0) is 32.7 Å². The molecule has 0 saturated carbocycles. The molecule has 0 radical (unpaired) electrons. The van der Waals surface area contributed by atoms with Crippen molar-refractivity contribution in [2.75, 3.05) is 0 Å². The van der Waals surface area contributed by atoms with Crippen LogP contribution in [0, 0.1) is 30.1 Å². The van der Waals surface area contributed by atoms with Gasteiger partial charge in [0.25, 0.3) is 0 Å². The average molecular weight is 868 g/mol. The molecule has 300 valence electrons. The number of aliphatic hydroxyl groups excluding tert-OH is 2. The van der Waals surface area contributed by atoms with Crippen LogP contribution < -0.4 is 11.2 Å². The first kappa shape index (κ1) is 41.6. The molecule has 2 atom stereocenters.